The van der Waals surface area contributed by atoms with Gasteiger partial charge in [0.05, 0.1) is 10.9 Å². The molecule has 9 nitrogen and oxygen atoms in total. The van der Waals surface area contributed by atoms with Gasteiger partial charge < -0.3 is 14.5 Å². The Morgan fingerprint density at radius 1 is 0.906 bits per heavy atom. The van der Waals surface area contributed by atoms with Crippen molar-refractivity contribution < 1.29 is 17.4 Å². The number of aromatic amines is 2. The van der Waals surface area contributed by atoms with E-state index in [9.17, 15) is 22.8 Å². The first-order chi connectivity index (χ1) is 15.3. The zero-order chi connectivity index (χ0) is 22.7. The van der Waals surface area contributed by atoms with Gasteiger partial charge in [0.1, 0.15) is 10.6 Å². The van der Waals surface area contributed by atoms with Crippen LogP contribution in [0.4, 0.5) is 0 Å². The van der Waals surface area contributed by atoms with Gasteiger partial charge in [-0.25, -0.2) is 4.79 Å². The van der Waals surface area contributed by atoms with E-state index in [4.69, 9.17) is 4.18 Å². The molecule has 0 saturated carbocycles. The molecule has 0 bridgehead atoms. The van der Waals surface area contributed by atoms with Crippen molar-refractivity contribution in [3.63, 3.8) is 0 Å². The summed E-state index contributed by atoms with van der Waals surface area (Å²) in [6.07, 6.45) is 0. The van der Waals surface area contributed by atoms with Crippen LogP contribution in [0, 0.1) is 0 Å². The van der Waals surface area contributed by atoms with Crippen LogP contribution in [0.1, 0.15) is 15.9 Å². The summed E-state index contributed by atoms with van der Waals surface area (Å²) in [5.74, 6) is -0.453. The summed E-state index contributed by atoms with van der Waals surface area (Å²) in [4.78, 5) is 39.9. The molecule has 1 aromatic heterocycles. The molecule has 10 heteroatoms. The highest BCUT2D eigenvalue weighted by atomic mass is 32.2. The zero-order valence-electron chi connectivity index (χ0n) is 16.5. The number of hydrogen-bond acceptors (Lipinski definition) is 6. The van der Waals surface area contributed by atoms with E-state index in [1.807, 2.05) is 35.3 Å². The summed E-state index contributed by atoms with van der Waals surface area (Å²) in [6, 6.07) is 18.7. The maximum atomic E-state index is 12.7. The van der Waals surface area contributed by atoms with Crippen LogP contribution in [0.2, 0.25) is 0 Å². The molecule has 0 aliphatic heterocycles. The molecule has 4 aromatic rings. The lowest BCUT2D eigenvalue weighted by atomic mass is 10.2. The number of nitrogens with one attached hydrogen (secondary N) is 3. The van der Waals surface area contributed by atoms with Crippen LogP contribution in [0.3, 0.4) is 0 Å². The first kappa shape index (κ1) is 21.1. The van der Waals surface area contributed by atoms with E-state index in [2.05, 4.69) is 10.3 Å². The third-order valence-electron chi connectivity index (χ3n) is 4.60. The summed E-state index contributed by atoms with van der Waals surface area (Å²) < 4.78 is 30.6. The summed E-state index contributed by atoms with van der Waals surface area (Å²) in [5, 5.41) is 2.75. The lowest BCUT2D eigenvalue weighted by Gasteiger charge is -2.10. The number of fused-ring (bicyclic) bond motifs is 1. The van der Waals surface area contributed by atoms with Crippen molar-refractivity contribution in [2.45, 2.75) is 11.4 Å². The van der Waals surface area contributed by atoms with E-state index < -0.39 is 27.3 Å². The number of aromatic nitrogens is 2. The van der Waals surface area contributed by atoms with Gasteiger partial charge in [-0.1, -0.05) is 36.4 Å². The summed E-state index contributed by atoms with van der Waals surface area (Å²) in [6.45, 7) is 0.316. The molecule has 32 heavy (non-hydrogen) atoms. The Bertz CT molecular complexity index is 1520. The van der Waals surface area contributed by atoms with Gasteiger partial charge in [0.25, 0.3) is 11.5 Å². The SMILES string of the molecule is O=C(NCc1ccccc1)c1cccc(OS(=O)(=O)c2ccc3[nH]c(=O)[nH]c(=O)c3c2)c1. The van der Waals surface area contributed by atoms with Gasteiger partial charge in [-0.05, 0) is 42.0 Å². The van der Waals surface area contributed by atoms with Crippen molar-refractivity contribution in [2.75, 3.05) is 0 Å². The highest BCUT2D eigenvalue weighted by molar-refractivity contribution is 7.87. The maximum Gasteiger partial charge on any atom is 0.339 e. The standard InChI is InChI=1S/C22H17N3O6S/c26-20(23-13-14-5-2-1-3-6-14)15-7-4-8-16(11-15)31-32(29,30)17-9-10-19-18(12-17)21(27)25-22(28)24-19/h1-12H,13H2,(H,23,26)(H2,24,25,27,28). The van der Waals surface area contributed by atoms with Crippen molar-refractivity contribution in [1.29, 1.82) is 0 Å². The molecule has 0 saturated heterocycles. The Hall–Kier alpha value is -4.18. The molecular formula is C22H17N3O6S. The number of carbonyl (C=O) groups excluding carboxylic acids is 1. The van der Waals surface area contributed by atoms with Crippen LogP contribution in [-0.2, 0) is 16.7 Å². The fourth-order valence-electron chi connectivity index (χ4n) is 3.04. The third-order valence-corrected chi connectivity index (χ3v) is 5.84. The largest absolute Gasteiger partial charge is 0.379 e. The molecule has 3 N–H and O–H groups in total. The quantitative estimate of drug-likeness (QED) is 0.383. The zero-order valence-corrected chi connectivity index (χ0v) is 17.3. The van der Waals surface area contributed by atoms with Crippen molar-refractivity contribution in [3.8, 4) is 5.75 Å². The number of rotatable bonds is 6. The van der Waals surface area contributed by atoms with E-state index in [0.29, 0.717) is 6.54 Å². The average molecular weight is 451 g/mol. The van der Waals surface area contributed by atoms with E-state index in [-0.39, 0.29) is 27.1 Å². The monoisotopic (exact) mass is 451 g/mol. The lowest BCUT2D eigenvalue weighted by Crippen LogP contribution is -2.23. The second-order valence-electron chi connectivity index (χ2n) is 6.85. The van der Waals surface area contributed by atoms with Gasteiger partial charge in [0, 0.05) is 12.1 Å². The normalized spacial score (nSPS) is 11.2. The van der Waals surface area contributed by atoms with Crippen molar-refractivity contribution >= 4 is 26.9 Å². The maximum absolute atomic E-state index is 12.7. The molecule has 3 aromatic carbocycles. The summed E-state index contributed by atoms with van der Waals surface area (Å²) >= 11 is 0. The minimum Gasteiger partial charge on any atom is -0.379 e. The van der Waals surface area contributed by atoms with E-state index >= 15 is 0 Å². The van der Waals surface area contributed by atoms with Crippen molar-refractivity contribution in [1.82, 2.24) is 15.3 Å². The van der Waals surface area contributed by atoms with Gasteiger partial charge in [0.15, 0.2) is 0 Å². The van der Waals surface area contributed by atoms with Crippen LogP contribution in [0.5, 0.6) is 5.75 Å². The Labute approximate surface area is 181 Å². The Balaban J connectivity index is 1.55. The Morgan fingerprint density at radius 2 is 1.69 bits per heavy atom. The Morgan fingerprint density at radius 3 is 2.47 bits per heavy atom. The number of H-pyrrole nitrogens is 2. The lowest BCUT2D eigenvalue weighted by molar-refractivity contribution is 0.0950. The third kappa shape index (κ3) is 4.60. The van der Waals surface area contributed by atoms with Gasteiger partial charge in [-0.3, -0.25) is 14.6 Å². The van der Waals surface area contributed by atoms with E-state index in [0.717, 1.165) is 11.6 Å². The predicted molar refractivity (Wildman–Crippen MR) is 117 cm³/mol. The van der Waals surface area contributed by atoms with Crippen molar-refractivity contribution in [2.24, 2.45) is 0 Å². The minimum atomic E-state index is -4.31. The molecule has 4 rings (SSSR count). The van der Waals surface area contributed by atoms with Crippen LogP contribution in [0.25, 0.3) is 10.9 Å². The number of carbonyl (C=O) groups is 1. The fraction of sp³-hybridized carbons (Fsp3) is 0.0455. The molecule has 0 fully saturated rings. The molecule has 0 aliphatic rings. The summed E-state index contributed by atoms with van der Waals surface area (Å²) in [7, 11) is -4.31. The molecule has 0 radical (unpaired) electrons. The van der Waals surface area contributed by atoms with E-state index in [1.165, 1.54) is 36.4 Å². The second-order valence-corrected chi connectivity index (χ2v) is 8.40. The number of amides is 1. The van der Waals surface area contributed by atoms with Crippen LogP contribution in [0.15, 0.2) is 87.3 Å². The molecule has 0 aliphatic carbocycles. The van der Waals surface area contributed by atoms with Crippen LogP contribution in [-0.4, -0.2) is 24.3 Å². The summed E-state index contributed by atoms with van der Waals surface area (Å²) in [5.41, 5.74) is -0.0889. The number of hydrogen-bond donors (Lipinski definition) is 3. The highest BCUT2D eigenvalue weighted by Gasteiger charge is 2.19. The fourth-order valence-corrected chi connectivity index (χ4v) is 3.99. The van der Waals surface area contributed by atoms with Gasteiger partial charge in [-0.15, -0.1) is 0 Å². The second kappa shape index (κ2) is 8.52. The van der Waals surface area contributed by atoms with Gasteiger partial charge in [-0.2, -0.15) is 8.42 Å². The minimum absolute atomic E-state index is 0.0108. The van der Waals surface area contributed by atoms with Crippen molar-refractivity contribution in [3.05, 3.63) is 105 Å². The predicted octanol–water partition coefficient (Wildman–Crippen LogP) is 1.91. The number of benzene rings is 3. The van der Waals surface area contributed by atoms with Gasteiger partial charge in [0.2, 0.25) is 0 Å². The van der Waals surface area contributed by atoms with Crippen LogP contribution < -0.4 is 20.7 Å². The first-order valence-electron chi connectivity index (χ1n) is 9.45. The smallest absolute Gasteiger partial charge is 0.339 e. The molecule has 0 unspecified atom stereocenters. The molecule has 1 heterocycles. The molecule has 162 valence electrons. The topological polar surface area (TPSA) is 138 Å². The molecule has 0 atom stereocenters. The molecular weight excluding hydrogens is 434 g/mol. The average Bonchev–Trinajstić information content (AvgIpc) is 2.77. The highest BCUT2D eigenvalue weighted by Crippen LogP contribution is 2.21. The first-order valence-corrected chi connectivity index (χ1v) is 10.9. The Kier molecular flexibility index (Phi) is 5.61. The van der Waals surface area contributed by atoms with E-state index in [1.54, 1.807) is 0 Å². The van der Waals surface area contributed by atoms with Gasteiger partial charge >= 0.3 is 15.8 Å². The molecule has 1 amide bonds. The molecule has 0 spiro atoms. The van der Waals surface area contributed by atoms with Crippen LogP contribution >= 0.6 is 0 Å².